The largest absolute Gasteiger partial charge is 0.481 e. The Balaban J connectivity index is 4.84. The minimum Gasteiger partial charge on any atom is -0.481 e. The van der Waals surface area contributed by atoms with E-state index in [-0.39, 0.29) is 12.8 Å². The summed E-state index contributed by atoms with van der Waals surface area (Å²) in [6.45, 7) is 7.62. The van der Waals surface area contributed by atoms with E-state index >= 15 is 0 Å². The van der Waals surface area contributed by atoms with Crippen molar-refractivity contribution >= 4 is 5.97 Å². The van der Waals surface area contributed by atoms with Crippen LogP contribution in [0.3, 0.4) is 0 Å². The van der Waals surface area contributed by atoms with E-state index in [9.17, 15) is 23.1 Å². The molecule has 19 heavy (non-hydrogen) atoms. The highest BCUT2D eigenvalue weighted by Gasteiger charge is 2.51. The summed E-state index contributed by atoms with van der Waals surface area (Å²) in [6, 6.07) is 0. The van der Waals surface area contributed by atoms with Gasteiger partial charge in [0.05, 0.1) is 6.42 Å². The highest BCUT2D eigenvalue weighted by Crippen LogP contribution is 2.47. The summed E-state index contributed by atoms with van der Waals surface area (Å²) < 4.78 is 37.7. The molecule has 0 rings (SSSR count). The second kappa shape index (κ2) is 5.31. The summed E-state index contributed by atoms with van der Waals surface area (Å²) >= 11 is 0. The zero-order chi connectivity index (χ0) is 15.7. The molecule has 0 aliphatic rings. The fourth-order valence-electron chi connectivity index (χ4n) is 1.65. The average molecular weight is 284 g/mol. The smallest absolute Gasteiger partial charge is 0.416 e. The van der Waals surface area contributed by atoms with Crippen LogP contribution in [0, 0.1) is 10.8 Å². The van der Waals surface area contributed by atoms with Gasteiger partial charge in [-0.2, -0.15) is 13.2 Å². The zero-order valence-electron chi connectivity index (χ0n) is 12.1. The molecule has 0 fully saturated rings. The van der Waals surface area contributed by atoms with Gasteiger partial charge in [0, 0.05) is 0 Å². The van der Waals surface area contributed by atoms with Crippen molar-refractivity contribution in [2.24, 2.45) is 10.8 Å². The highest BCUT2D eigenvalue weighted by atomic mass is 19.4. The van der Waals surface area contributed by atoms with Gasteiger partial charge >= 0.3 is 12.1 Å². The first-order valence-electron chi connectivity index (χ1n) is 6.13. The van der Waals surface area contributed by atoms with Crippen LogP contribution in [0.1, 0.15) is 53.9 Å². The van der Waals surface area contributed by atoms with Crippen molar-refractivity contribution in [3.63, 3.8) is 0 Å². The van der Waals surface area contributed by atoms with Gasteiger partial charge in [0.15, 0.2) is 5.60 Å². The summed E-state index contributed by atoms with van der Waals surface area (Å²) in [4.78, 5) is 10.8. The normalized spacial score (nSPS) is 17.1. The number of hydrogen-bond donors (Lipinski definition) is 2. The van der Waals surface area contributed by atoms with E-state index < -0.39 is 35.0 Å². The van der Waals surface area contributed by atoms with Gasteiger partial charge in [-0.05, 0) is 30.6 Å². The van der Waals surface area contributed by atoms with Crippen LogP contribution < -0.4 is 0 Å². The molecule has 2 N–H and O–H groups in total. The molecule has 0 aromatic heterocycles. The third-order valence-electron chi connectivity index (χ3n) is 4.27. The molecule has 1 unspecified atom stereocenters. The first-order valence-corrected chi connectivity index (χ1v) is 6.13. The van der Waals surface area contributed by atoms with Gasteiger partial charge in [0.25, 0.3) is 0 Å². The van der Waals surface area contributed by atoms with Crippen molar-refractivity contribution in [3.8, 4) is 0 Å². The molecule has 3 nitrogen and oxygen atoms in total. The number of alkyl halides is 3. The van der Waals surface area contributed by atoms with E-state index in [2.05, 4.69) is 0 Å². The third-order valence-corrected chi connectivity index (χ3v) is 4.27. The molecular weight excluding hydrogens is 261 g/mol. The molecular formula is C13H23F3O3. The van der Waals surface area contributed by atoms with E-state index in [0.717, 1.165) is 6.92 Å². The predicted octanol–water partition coefficient (Wildman–Crippen LogP) is 3.61. The molecule has 0 heterocycles. The summed E-state index contributed by atoms with van der Waals surface area (Å²) in [5, 5.41) is 18.3. The molecule has 6 heteroatoms. The molecule has 0 aromatic carbocycles. The van der Waals surface area contributed by atoms with Crippen molar-refractivity contribution in [3.05, 3.63) is 0 Å². The molecule has 114 valence electrons. The van der Waals surface area contributed by atoms with Crippen molar-refractivity contribution in [2.75, 3.05) is 0 Å². The number of rotatable bonds is 6. The van der Waals surface area contributed by atoms with Crippen molar-refractivity contribution in [1.82, 2.24) is 0 Å². The SMILES string of the molecule is CC(C)(CCC(C)(O)C(F)(F)F)C(C)(C)CC(=O)O. The zero-order valence-corrected chi connectivity index (χ0v) is 12.1. The molecule has 0 saturated heterocycles. The van der Waals surface area contributed by atoms with E-state index in [1.165, 1.54) is 0 Å². The molecule has 0 aliphatic heterocycles. The van der Waals surface area contributed by atoms with E-state index in [1.54, 1.807) is 27.7 Å². The lowest BCUT2D eigenvalue weighted by molar-refractivity contribution is -0.257. The number of carbonyl (C=O) groups is 1. The van der Waals surface area contributed by atoms with Crippen molar-refractivity contribution < 1.29 is 28.2 Å². The summed E-state index contributed by atoms with van der Waals surface area (Å²) in [7, 11) is 0. The van der Waals surface area contributed by atoms with Gasteiger partial charge in [0.1, 0.15) is 0 Å². The Morgan fingerprint density at radius 1 is 0.947 bits per heavy atom. The first-order chi connectivity index (χ1) is 8.12. The van der Waals surface area contributed by atoms with Crippen LogP contribution in [0.2, 0.25) is 0 Å². The molecule has 0 aromatic rings. The third kappa shape index (κ3) is 4.67. The number of carboxylic acids is 1. The maximum Gasteiger partial charge on any atom is 0.416 e. The van der Waals surface area contributed by atoms with Gasteiger partial charge in [-0.3, -0.25) is 4.79 Å². The second-order valence-corrected chi connectivity index (χ2v) is 6.61. The van der Waals surface area contributed by atoms with Gasteiger partial charge in [-0.15, -0.1) is 0 Å². The molecule has 1 atom stereocenters. The minimum absolute atomic E-state index is 0.0831. The molecule has 0 radical (unpaired) electrons. The number of hydrogen-bond acceptors (Lipinski definition) is 2. The molecule has 0 amide bonds. The van der Waals surface area contributed by atoms with Crippen LogP contribution in [0.4, 0.5) is 13.2 Å². The van der Waals surface area contributed by atoms with Gasteiger partial charge < -0.3 is 10.2 Å². The second-order valence-electron chi connectivity index (χ2n) is 6.61. The van der Waals surface area contributed by atoms with Crippen LogP contribution in [0.25, 0.3) is 0 Å². The Kier molecular flexibility index (Phi) is 5.09. The lowest BCUT2D eigenvalue weighted by atomic mass is 9.63. The standard InChI is InChI=1S/C13H23F3O3/c1-10(2,11(3,4)8-9(17)18)6-7-12(5,19)13(14,15)16/h19H,6-8H2,1-5H3,(H,17,18). The van der Waals surface area contributed by atoms with Crippen LogP contribution in [0.5, 0.6) is 0 Å². The van der Waals surface area contributed by atoms with Crippen molar-refractivity contribution in [2.45, 2.75) is 65.7 Å². The minimum atomic E-state index is -4.68. The Bertz CT molecular complexity index is 331. The van der Waals surface area contributed by atoms with Crippen LogP contribution in [-0.2, 0) is 4.79 Å². The molecule has 0 saturated carbocycles. The van der Waals surface area contributed by atoms with Crippen LogP contribution in [0.15, 0.2) is 0 Å². The number of aliphatic carboxylic acids is 1. The Hall–Kier alpha value is -0.780. The van der Waals surface area contributed by atoms with Crippen LogP contribution in [-0.4, -0.2) is 28.0 Å². The first kappa shape index (κ1) is 18.2. The number of carboxylic acid groups (broad SMARTS) is 1. The van der Waals surface area contributed by atoms with E-state index in [1.807, 2.05) is 0 Å². The Labute approximate surface area is 111 Å². The molecule has 0 spiro atoms. The number of aliphatic hydroxyl groups is 1. The van der Waals surface area contributed by atoms with E-state index in [4.69, 9.17) is 5.11 Å². The monoisotopic (exact) mass is 284 g/mol. The van der Waals surface area contributed by atoms with Crippen LogP contribution >= 0.6 is 0 Å². The van der Waals surface area contributed by atoms with Crippen molar-refractivity contribution in [1.29, 1.82) is 0 Å². The lowest BCUT2D eigenvalue weighted by Crippen LogP contribution is -2.44. The maximum absolute atomic E-state index is 12.6. The fourth-order valence-corrected chi connectivity index (χ4v) is 1.65. The van der Waals surface area contributed by atoms with Gasteiger partial charge in [-0.1, -0.05) is 27.7 Å². The molecule has 0 bridgehead atoms. The molecule has 0 aliphatic carbocycles. The lowest BCUT2D eigenvalue weighted by Gasteiger charge is -2.42. The quantitative estimate of drug-likeness (QED) is 0.783. The predicted molar refractivity (Wildman–Crippen MR) is 65.7 cm³/mol. The average Bonchev–Trinajstić information content (AvgIpc) is 2.10. The maximum atomic E-state index is 12.6. The van der Waals surface area contributed by atoms with E-state index in [0.29, 0.717) is 0 Å². The fraction of sp³-hybridized carbons (Fsp3) is 0.923. The topological polar surface area (TPSA) is 57.5 Å². The number of halogens is 3. The summed E-state index contributed by atoms with van der Waals surface area (Å²) in [6.07, 6.45) is -5.18. The Morgan fingerprint density at radius 3 is 1.68 bits per heavy atom. The summed E-state index contributed by atoms with van der Waals surface area (Å²) in [5.74, 6) is -0.986. The van der Waals surface area contributed by atoms with Gasteiger partial charge in [0.2, 0.25) is 0 Å². The van der Waals surface area contributed by atoms with Gasteiger partial charge in [-0.25, -0.2) is 0 Å². The highest BCUT2D eigenvalue weighted by molar-refractivity contribution is 5.67. The Morgan fingerprint density at radius 2 is 1.37 bits per heavy atom. The summed E-state index contributed by atoms with van der Waals surface area (Å²) in [5.41, 5.74) is -4.05.